The van der Waals surface area contributed by atoms with E-state index in [2.05, 4.69) is 15.0 Å². The van der Waals surface area contributed by atoms with Crippen LogP contribution < -0.4 is 0 Å². The minimum absolute atomic E-state index is 0.0530. The van der Waals surface area contributed by atoms with Crippen molar-refractivity contribution in [2.75, 3.05) is 32.8 Å². The molecule has 4 rings (SSSR count). The number of nitrogens with zero attached hydrogens (tertiary/aromatic N) is 4. The highest BCUT2D eigenvalue weighted by atomic mass is 19.1. The highest BCUT2D eigenvalue weighted by Crippen LogP contribution is 2.25. The van der Waals surface area contributed by atoms with E-state index in [-0.39, 0.29) is 23.9 Å². The quantitative estimate of drug-likeness (QED) is 0.802. The van der Waals surface area contributed by atoms with Crippen LogP contribution in [0.25, 0.3) is 11.4 Å². The van der Waals surface area contributed by atoms with Crippen molar-refractivity contribution in [3.63, 3.8) is 0 Å². The fourth-order valence-electron chi connectivity index (χ4n) is 3.77. The Labute approximate surface area is 163 Å². The lowest BCUT2D eigenvalue weighted by atomic mass is 10.1. The molecule has 1 aromatic heterocycles. The smallest absolute Gasteiger partial charge is 0.251 e. The Morgan fingerprint density at radius 2 is 2.07 bits per heavy atom. The van der Waals surface area contributed by atoms with Gasteiger partial charge in [0.2, 0.25) is 11.7 Å². The van der Waals surface area contributed by atoms with Crippen LogP contribution in [0.15, 0.2) is 22.7 Å². The van der Waals surface area contributed by atoms with Crippen LogP contribution >= 0.6 is 0 Å². The summed E-state index contributed by atoms with van der Waals surface area (Å²) in [5.41, 5.74) is 1.28. The second-order valence-electron chi connectivity index (χ2n) is 7.46. The van der Waals surface area contributed by atoms with Crippen LogP contribution in [0.3, 0.4) is 0 Å². The number of carbonyl (C=O) groups excluding carboxylic acids is 1. The molecular formula is C20H25FN4O3. The van der Waals surface area contributed by atoms with E-state index in [1.165, 1.54) is 6.07 Å². The number of amides is 1. The Bertz CT molecular complexity index is 842. The second kappa shape index (κ2) is 7.97. The molecule has 0 N–H and O–H groups in total. The van der Waals surface area contributed by atoms with Gasteiger partial charge >= 0.3 is 0 Å². The highest BCUT2D eigenvalue weighted by Gasteiger charge is 2.32. The van der Waals surface area contributed by atoms with Gasteiger partial charge in [0, 0.05) is 38.3 Å². The number of aryl methyl sites for hydroxylation is 1. The molecule has 28 heavy (non-hydrogen) atoms. The van der Waals surface area contributed by atoms with Crippen LogP contribution in [0.4, 0.5) is 4.39 Å². The summed E-state index contributed by atoms with van der Waals surface area (Å²) in [6.07, 6.45) is 1.52. The zero-order valence-electron chi connectivity index (χ0n) is 16.2. The van der Waals surface area contributed by atoms with Crippen molar-refractivity contribution in [2.24, 2.45) is 0 Å². The van der Waals surface area contributed by atoms with Gasteiger partial charge in [-0.15, -0.1) is 0 Å². The van der Waals surface area contributed by atoms with E-state index in [4.69, 9.17) is 9.26 Å². The fraction of sp³-hybridized carbons (Fsp3) is 0.550. The molecule has 2 saturated heterocycles. The molecule has 7 nitrogen and oxygen atoms in total. The van der Waals surface area contributed by atoms with Gasteiger partial charge in [-0.2, -0.15) is 4.98 Å². The van der Waals surface area contributed by atoms with Gasteiger partial charge in [-0.25, -0.2) is 4.39 Å². The maximum atomic E-state index is 13.5. The number of piperazine rings is 1. The summed E-state index contributed by atoms with van der Waals surface area (Å²) in [5.74, 6) is 0.834. The van der Waals surface area contributed by atoms with Crippen LogP contribution in [0, 0.1) is 12.7 Å². The van der Waals surface area contributed by atoms with Crippen molar-refractivity contribution in [1.29, 1.82) is 0 Å². The minimum atomic E-state index is -0.262. The van der Waals surface area contributed by atoms with E-state index < -0.39 is 0 Å². The Morgan fingerprint density at radius 1 is 1.29 bits per heavy atom. The molecule has 2 aromatic rings. The number of aromatic nitrogens is 2. The Kier molecular flexibility index (Phi) is 5.41. The highest BCUT2D eigenvalue weighted by molar-refractivity contribution is 5.81. The average molecular weight is 388 g/mol. The van der Waals surface area contributed by atoms with Crippen LogP contribution in [0.1, 0.15) is 37.3 Å². The molecule has 2 unspecified atom stereocenters. The van der Waals surface area contributed by atoms with Crippen molar-refractivity contribution in [1.82, 2.24) is 19.9 Å². The van der Waals surface area contributed by atoms with Crippen molar-refractivity contribution in [2.45, 2.75) is 38.8 Å². The van der Waals surface area contributed by atoms with E-state index in [0.29, 0.717) is 37.0 Å². The summed E-state index contributed by atoms with van der Waals surface area (Å²) >= 11 is 0. The number of ether oxygens (including phenoxy) is 1. The lowest BCUT2D eigenvalue weighted by Gasteiger charge is -2.37. The number of benzene rings is 1. The van der Waals surface area contributed by atoms with Gasteiger partial charge in [0.15, 0.2) is 0 Å². The van der Waals surface area contributed by atoms with Crippen LogP contribution in [0.5, 0.6) is 0 Å². The van der Waals surface area contributed by atoms with Gasteiger partial charge in [-0.1, -0.05) is 5.16 Å². The zero-order chi connectivity index (χ0) is 19.7. The van der Waals surface area contributed by atoms with Gasteiger partial charge in [-0.3, -0.25) is 9.69 Å². The van der Waals surface area contributed by atoms with Crippen LogP contribution in [-0.2, 0) is 9.53 Å². The first-order valence-corrected chi connectivity index (χ1v) is 9.77. The molecule has 2 aliphatic heterocycles. The van der Waals surface area contributed by atoms with Crippen molar-refractivity contribution in [3.05, 3.63) is 35.5 Å². The standard InChI is InChI=1S/C20H25FN4O3/c1-13-12-15(5-6-16(13)21)18-22-19(28-23-18)14(2)24-7-9-25(10-8-24)20(26)17-4-3-11-27-17/h5-6,12,14,17H,3-4,7-11H2,1-2H3. The number of rotatable bonds is 4. The molecule has 1 amide bonds. The molecule has 0 bridgehead atoms. The first kappa shape index (κ1) is 19.0. The molecule has 0 spiro atoms. The van der Waals surface area contributed by atoms with Gasteiger partial charge in [0.25, 0.3) is 5.91 Å². The summed E-state index contributed by atoms with van der Waals surface area (Å²) in [4.78, 5) is 21.1. The van der Waals surface area contributed by atoms with E-state index in [9.17, 15) is 9.18 Å². The van der Waals surface area contributed by atoms with Gasteiger partial charge in [-0.05, 0) is 50.5 Å². The van der Waals surface area contributed by atoms with Gasteiger partial charge in [0.1, 0.15) is 11.9 Å². The lowest BCUT2D eigenvalue weighted by Crippen LogP contribution is -2.51. The summed E-state index contributed by atoms with van der Waals surface area (Å²) in [6.45, 7) is 7.23. The summed E-state index contributed by atoms with van der Waals surface area (Å²) in [6, 6.07) is 4.72. The van der Waals surface area contributed by atoms with Crippen molar-refractivity contribution < 1.29 is 18.4 Å². The lowest BCUT2D eigenvalue weighted by molar-refractivity contribution is -0.143. The first-order chi connectivity index (χ1) is 13.5. The number of hydrogen-bond acceptors (Lipinski definition) is 6. The molecular weight excluding hydrogens is 363 g/mol. The zero-order valence-corrected chi connectivity index (χ0v) is 16.2. The monoisotopic (exact) mass is 388 g/mol. The van der Waals surface area contributed by atoms with Crippen molar-refractivity contribution in [3.8, 4) is 11.4 Å². The maximum Gasteiger partial charge on any atom is 0.251 e. The van der Waals surface area contributed by atoms with Crippen LogP contribution in [0.2, 0.25) is 0 Å². The number of carbonyl (C=O) groups is 1. The third kappa shape index (κ3) is 3.79. The third-order valence-electron chi connectivity index (χ3n) is 5.59. The normalized spacial score (nSPS) is 21.8. The number of hydrogen-bond donors (Lipinski definition) is 0. The second-order valence-corrected chi connectivity index (χ2v) is 7.46. The van der Waals surface area contributed by atoms with Crippen LogP contribution in [-0.4, -0.2) is 64.7 Å². The molecule has 150 valence electrons. The molecule has 2 atom stereocenters. The Morgan fingerprint density at radius 3 is 2.75 bits per heavy atom. The molecule has 0 aliphatic carbocycles. The predicted octanol–water partition coefficient (Wildman–Crippen LogP) is 2.57. The molecule has 2 fully saturated rings. The maximum absolute atomic E-state index is 13.5. The summed E-state index contributed by atoms with van der Waals surface area (Å²) in [7, 11) is 0. The minimum Gasteiger partial charge on any atom is -0.368 e. The van der Waals surface area contributed by atoms with E-state index in [0.717, 1.165) is 31.5 Å². The Balaban J connectivity index is 1.37. The predicted molar refractivity (Wildman–Crippen MR) is 100.0 cm³/mol. The fourth-order valence-corrected chi connectivity index (χ4v) is 3.77. The van der Waals surface area contributed by atoms with Crippen molar-refractivity contribution >= 4 is 5.91 Å². The molecule has 0 radical (unpaired) electrons. The molecule has 2 aliphatic rings. The van der Waals surface area contributed by atoms with E-state index in [1.807, 2.05) is 11.8 Å². The summed E-state index contributed by atoms with van der Waals surface area (Å²) < 4.78 is 24.4. The van der Waals surface area contributed by atoms with E-state index >= 15 is 0 Å². The van der Waals surface area contributed by atoms with Gasteiger partial charge < -0.3 is 14.2 Å². The molecule has 0 saturated carbocycles. The molecule has 8 heteroatoms. The number of halogens is 1. The average Bonchev–Trinajstić information content (AvgIpc) is 3.41. The summed E-state index contributed by atoms with van der Waals surface area (Å²) in [5, 5.41) is 4.05. The first-order valence-electron chi connectivity index (χ1n) is 9.77. The molecule has 1 aromatic carbocycles. The van der Waals surface area contributed by atoms with Gasteiger partial charge in [0.05, 0.1) is 6.04 Å². The third-order valence-corrected chi connectivity index (χ3v) is 5.59. The Hall–Kier alpha value is -2.32. The van der Waals surface area contributed by atoms with E-state index in [1.54, 1.807) is 19.1 Å². The largest absolute Gasteiger partial charge is 0.368 e. The SMILES string of the molecule is Cc1cc(-c2noc(C(C)N3CCN(C(=O)C4CCCO4)CC3)n2)ccc1F. The molecule has 3 heterocycles. The topological polar surface area (TPSA) is 71.7 Å².